The van der Waals surface area contributed by atoms with Gasteiger partial charge in [-0.3, -0.25) is 4.79 Å². The molecule has 2 heterocycles. The van der Waals surface area contributed by atoms with E-state index in [0.717, 1.165) is 21.7 Å². The second-order valence-corrected chi connectivity index (χ2v) is 7.83. The van der Waals surface area contributed by atoms with Gasteiger partial charge in [0.25, 0.3) is 5.91 Å². The van der Waals surface area contributed by atoms with Crippen molar-refractivity contribution < 1.29 is 9.18 Å². The molecule has 1 amide bonds. The molecule has 5 heteroatoms. The molecule has 0 aliphatic rings. The van der Waals surface area contributed by atoms with E-state index in [9.17, 15) is 9.18 Å². The van der Waals surface area contributed by atoms with Crippen LogP contribution in [0.4, 0.5) is 4.39 Å². The van der Waals surface area contributed by atoms with E-state index >= 15 is 0 Å². The molecule has 0 aliphatic carbocycles. The summed E-state index contributed by atoms with van der Waals surface area (Å²) < 4.78 is 15.6. The first-order valence-corrected chi connectivity index (χ1v) is 10.3. The molecule has 146 valence electrons. The maximum absolute atomic E-state index is 13.6. The van der Waals surface area contributed by atoms with Crippen LogP contribution in [-0.2, 0) is 19.6 Å². The minimum Gasteiger partial charge on any atom is -0.345 e. The van der Waals surface area contributed by atoms with E-state index in [4.69, 9.17) is 0 Å². The van der Waals surface area contributed by atoms with Crippen molar-refractivity contribution in [3.63, 3.8) is 0 Å². The molecule has 29 heavy (non-hydrogen) atoms. The van der Waals surface area contributed by atoms with Crippen LogP contribution in [0.15, 0.2) is 90.4 Å². The van der Waals surface area contributed by atoms with E-state index < -0.39 is 0 Å². The predicted molar refractivity (Wildman–Crippen MR) is 114 cm³/mol. The maximum atomic E-state index is 13.6. The molecule has 2 aromatic heterocycles. The van der Waals surface area contributed by atoms with Crippen LogP contribution in [0.25, 0.3) is 0 Å². The Morgan fingerprint density at radius 2 is 1.72 bits per heavy atom. The van der Waals surface area contributed by atoms with Crippen molar-refractivity contribution in [3.8, 4) is 0 Å². The summed E-state index contributed by atoms with van der Waals surface area (Å²) in [5.74, 6) is -0.225. The number of nitrogens with zero attached hydrogens (tertiary/aromatic N) is 2. The number of carbonyl (C=O) groups is 1. The van der Waals surface area contributed by atoms with Gasteiger partial charge in [0.2, 0.25) is 0 Å². The summed E-state index contributed by atoms with van der Waals surface area (Å²) in [5.41, 5.74) is 2.98. The molecule has 0 aliphatic heterocycles. The highest BCUT2D eigenvalue weighted by molar-refractivity contribution is 7.12. The lowest BCUT2D eigenvalue weighted by molar-refractivity contribution is 0.0731. The molecule has 4 aromatic rings. The SMILES string of the molecule is O=C(c1cccs1)N(Cc1ccccc1)Cc1cccn1Cc1cccc(F)c1. The molecule has 0 bridgehead atoms. The van der Waals surface area contributed by atoms with Crippen LogP contribution in [0.5, 0.6) is 0 Å². The molecule has 2 aromatic carbocycles. The van der Waals surface area contributed by atoms with Gasteiger partial charge in [-0.05, 0) is 46.8 Å². The van der Waals surface area contributed by atoms with E-state index in [2.05, 4.69) is 4.57 Å². The first-order chi connectivity index (χ1) is 14.2. The monoisotopic (exact) mass is 404 g/mol. The van der Waals surface area contributed by atoms with Gasteiger partial charge < -0.3 is 9.47 Å². The highest BCUT2D eigenvalue weighted by Crippen LogP contribution is 2.18. The van der Waals surface area contributed by atoms with E-state index in [0.29, 0.717) is 19.6 Å². The summed E-state index contributed by atoms with van der Waals surface area (Å²) in [5, 5.41) is 1.92. The van der Waals surface area contributed by atoms with Gasteiger partial charge in [-0.1, -0.05) is 48.5 Å². The molecule has 0 fully saturated rings. The van der Waals surface area contributed by atoms with Crippen LogP contribution in [0.1, 0.15) is 26.5 Å². The Labute approximate surface area is 173 Å². The fourth-order valence-corrected chi connectivity index (χ4v) is 4.03. The second-order valence-electron chi connectivity index (χ2n) is 6.88. The second kappa shape index (κ2) is 8.88. The van der Waals surface area contributed by atoms with Gasteiger partial charge in [0.05, 0.1) is 11.4 Å². The fraction of sp³-hybridized carbons (Fsp3) is 0.125. The third-order valence-corrected chi connectivity index (χ3v) is 5.61. The molecule has 0 atom stereocenters. The predicted octanol–water partition coefficient (Wildman–Crippen LogP) is 5.58. The highest BCUT2D eigenvalue weighted by atomic mass is 32.1. The van der Waals surface area contributed by atoms with Crippen LogP contribution in [0, 0.1) is 5.82 Å². The quantitative estimate of drug-likeness (QED) is 0.395. The number of carbonyl (C=O) groups excluding carboxylic acids is 1. The van der Waals surface area contributed by atoms with E-state index in [1.165, 1.54) is 17.4 Å². The van der Waals surface area contributed by atoms with Crippen molar-refractivity contribution in [2.24, 2.45) is 0 Å². The molecular weight excluding hydrogens is 383 g/mol. The lowest BCUT2D eigenvalue weighted by Crippen LogP contribution is -2.30. The first kappa shape index (κ1) is 19.2. The van der Waals surface area contributed by atoms with Gasteiger partial charge in [-0.15, -0.1) is 11.3 Å². The molecule has 0 radical (unpaired) electrons. The van der Waals surface area contributed by atoms with Crippen molar-refractivity contribution in [1.82, 2.24) is 9.47 Å². The lowest BCUT2D eigenvalue weighted by Gasteiger charge is -2.23. The van der Waals surface area contributed by atoms with Crippen LogP contribution in [0.2, 0.25) is 0 Å². The molecule has 0 unspecified atom stereocenters. The zero-order chi connectivity index (χ0) is 20.1. The van der Waals surface area contributed by atoms with Gasteiger partial charge in [0.15, 0.2) is 0 Å². The van der Waals surface area contributed by atoms with Gasteiger partial charge in [0, 0.05) is 25.0 Å². The average molecular weight is 405 g/mol. The van der Waals surface area contributed by atoms with Crippen molar-refractivity contribution in [1.29, 1.82) is 0 Å². The number of hydrogen-bond donors (Lipinski definition) is 0. The third-order valence-electron chi connectivity index (χ3n) is 4.75. The standard InChI is InChI=1S/C24H21FN2OS/c25-21-10-4-9-20(15-21)17-26-13-5-11-22(26)18-27(16-19-7-2-1-3-8-19)24(28)23-12-6-14-29-23/h1-15H,16-18H2. The summed E-state index contributed by atoms with van der Waals surface area (Å²) in [7, 11) is 0. The topological polar surface area (TPSA) is 25.2 Å². The summed E-state index contributed by atoms with van der Waals surface area (Å²) in [6.45, 7) is 1.57. The smallest absolute Gasteiger partial charge is 0.264 e. The van der Waals surface area contributed by atoms with Crippen molar-refractivity contribution in [3.05, 3.63) is 118 Å². The largest absolute Gasteiger partial charge is 0.345 e. The minimum atomic E-state index is -0.241. The van der Waals surface area contributed by atoms with E-state index in [-0.39, 0.29) is 11.7 Å². The van der Waals surface area contributed by atoms with Crippen molar-refractivity contribution in [2.45, 2.75) is 19.6 Å². The van der Waals surface area contributed by atoms with Crippen LogP contribution in [0.3, 0.4) is 0 Å². The number of thiophene rings is 1. The summed E-state index contributed by atoms with van der Waals surface area (Å²) in [6.07, 6.45) is 1.97. The number of aromatic nitrogens is 1. The first-order valence-electron chi connectivity index (χ1n) is 9.44. The number of hydrogen-bond acceptors (Lipinski definition) is 2. The van der Waals surface area contributed by atoms with Gasteiger partial charge in [-0.25, -0.2) is 4.39 Å². The summed E-state index contributed by atoms with van der Waals surface area (Å²) >= 11 is 1.45. The van der Waals surface area contributed by atoms with Crippen LogP contribution < -0.4 is 0 Å². The lowest BCUT2D eigenvalue weighted by atomic mass is 10.2. The molecule has 0 spiro atoms. The van der Waals surface area contributed by atoms with Crippen LogP contribution >= 0.6 is 11.3 Å². The van der Waals surface area contributed by atoms with E-state index in [1.54, 1.807) is 12.1 Å². The minimum absolute atomic E-state index is 0.0161. The molecule has 0 saturated carbocycles. The summed E-state index contributed by atoms with van der Waals surface area (Å²) in [4.78, 5) is 15.7. The van der Waals surface area contributed by atoms with Crippen molar-refractivity contribution >= 4 is 17.2 Å². The van der Waals surface area contributed by atoms with Crippen molar-refractivity contribution in [2.75, 3.05) is 0 Å². The number of halogens is 1. The molecule has 4 rings (SSSR count). The van der Waals surface area contributed by atoms with Crippen LogP contribution in [-0.4, -0.2) is 15.4 Å². The fourth-order valence-electron chi connectivity index (χ4n) is 3.33. The number of benzene rings is 2. The average Bonchev–Trinajstić information content (AvgIpc) is 3.40. The highest BCUT2D eigenvalue weighted by Gasteiger charge is 2.19. The number of rotatable bonds is 7. The third kappa shape index (κ3) is 4.81. The summed E-state index contributed by atoms with van der Waals surface area (Å²) in [6, 6.07) is 24.3. The van der Waals surface area contributed by atoms with Gasteiger partial charge in [0.1, 0.15) is 5.82 Å². The van der Waals surface area contributed by atoms with Gasteiger partial charge >= 0.3 is 0 Å². The Bertz CT molecular complexity index is 1070. The zero-order valence-corrected chi connectivity index (χ0v) is 16.7. The molecule has 0 N–H and O–H groups in total. The zero-order valence-electron chi connectivity index (χ0n) is 15.9. The Balaban J connectivity index is 1.58. The molecular formula is C24H21FN2OS. The Morgan fingerprint density at radius 1 is 0.897 bits per heavy atom. The number of amides is 1. The Kier molecular flexibility index (Phi) is 5.86. The molecule has 3 nitrogen and oxygen atoms in total. The van der Waals surface area contributed by atoms with Gasteiger partial charge in [-0.2, -0.15) is 0 Å². The Morgan fingerprint density at radius 3 is 2.48 bits per heavy atom. The normalized spacial score (nSPS) is 10.8. The maximum Gasteiger partial charge on any atom is 0.264 e. The molecule has 0 saturated heterocycles. The van der Waals surface area contributed by atoms with E-state index in [1.807, 2.05) is 77.1 Å². The Hall–Kier alpha value is -3.18.